The maximum Gasteiger partial charge on any atom is 0.227 e. The third-order valence-corrected chi connectivity index (χ3v) is 5.21. The maximum absolute atomic E-state index is 12.5. The highest BCUT2D eigenvalue weighted by atomic mass is 16.5. The Morgan fingerprint density at radius 2 is 1.79 bits per heavy atom. The van der Waals surface area contributed by atoms with E-state index in [1.165, 1.54) is 5.56 Å². The number of carbonyl (C=O) groups is 1. The van der Waals surface area contributed by atoms with Crippen molar-refractivity contribution in [2.45, 2.75) is 39.7 Å². The summed E-state index contributed by atoms with van der Waals surface area (Å²) in [6, 6.07) is 17.7. The van der Waals surface area contributed by atoms with E-state index in [0.717, 1.165) is 23.3 Å². The number of nitrogens with one attached hydrogen (secondary N) is 1. The molecule has 2 heterocycles. The number of aryl methyl sites for hydroxylation is 2. The van der Waals surface area contributed by atoms with Crippen LogP contribution in [0, 0.1) is 0 Å². The number of carbonyl (C=O) groups excluding carboxylic acids is 1. The molecule has 2 aromatic heterocycles. The normalized spacial score (nSPS) is 10.8. The third-order valence-electron chi connectivity index (χ3n) is 5.21. The van der Waals surface area contributed by atoms with E-state index in [-0.39, 0.29) is 12.3 Å². The Morgan fingerprint density at radius 3 is 2.52 bits per heavy atom. The molecule has 1 amide bonds. The number of hydrogen-bond donors (Lipinski definition) is 1. The van der Waals surface area contributed by atoms with Gasteiger partial charge in [-0.1, -0.05) is 36.3 Å². The molecule has 33 heavy (non-hydrogen) atoms. The molecule has 0 bridgehead atoms. The summed E-state index contributed by atoms with van der Waals surface area (Å²) >= 11 is 0. The van der Waals surface area contributed by atoms with E-state index in [1.54, 1.807) is 16.9 Å². The van der Waals surface area contributed by atoms with Crippen LogP contribution in [0.15, 0.2) is 65.3 Å². The average molecular weight is 446 g/mol. The van der Waals surface area contributed by atoms with Crippen molar-refractivity contribution in [3.63, 3.8) is 0 Å². The van der Waals surface area contributed by atoms with Crippen LogP contribution < -0.4 is 10.1 Å². The molecule has 0 atom stereocenters. The maximum atomic E-state index is 12.5. The van der Waals surface area contributed by atoms with Crippen LogP contribution in [-0.4, -0.2) is 32.4 Å². The van der Waals surface area contributed by atoms with Crippen LogP contribution in [0.4, 0.5) is 5.82 Å². The molecule has 4 rings (SSSR count). The highest BCUT2D eigenvalue weighted by Gasteiger charge is 2.13. The van der Waals surface area contributed by atoms with Gasteiger partial charge in [-0.15, -0.1) is 0 Å². The zero-order chi connectivity index (χ0) is 23.0. The SMILES string of the molecule is CCOc1ccc(-c2noc(CCC(=O)Nc3ccnn3Cc3ccc(CC)cc3)n2)cc1. The van der Waals surface area contributed by atoms with Crippen LogP contribution in [0.3, 0.4) is 0 Å². The molecule has 0 aliphatic rings. The summed E-state index contributed by atoms with van der Waals surface area (Å²) in [6.07, 6.45) is 3.26. The standard InChI is InChI=1S/C25H27N5O3/c1-3-18-5-7-19(8-6-18)17-30-22(15-16-26-30)27-23(31)13-14-24-28-25(29-33-24)20-9-11-21(12-10-20)32-4-2/h5-12,15-16H,3-4,13-14,17H2,1-2H3,(H,27,31). The van der Waals surface area contributed by atoms with Crippen LogP contribution in [-0.2, 0) is 24.2 Å². The number of amides is 1. The van der Waals surface area contributed by atoms with Gasteiger partial charge in [0.15, 0.2) is 0 Å². The van der Waals surface area contributed by atoms with Gasteiger partial charge in [0, 0.05) is 24.5 Å². The zero-order valence-electron chi connectivity index (χ0n) is 18.8. The predicted octanol–water partition coefficient (Wildman–Crippen LogP) is 4.51. The molecule has 0 radical (unpaired) electrons. The molecule has 8 nitrogen and oxygen atoms in total. The monoisotopic (exact) mass is 445 g/mol. The van der Waals surface area contributed by atoms with Gasteiger partial charge < -0.3 is 14.6 Å². The van der Waals surface area contributed by atoms with E-state index >= 15 is 0 Å². The van der Waals surface area contributed by atoms with Crippen molar-refractivity contribution >= 4 is 11.7 Å². The first kappa shape index (κ1) is 22.3. The molecule has 0 saturated carbocycles. The van der Waals surface area contributed by atoms with Crippen molar-refractivity contribution in [1.29, 1.82) is 0 Å². The number of anilines is 1. The average Bonchev–Trinajstić information content (AvgIpc) is 3.49. The number of nitrogens with zero attached hydrogens (tertiary/aromatic N) is 4. The Morgan fingerprint density at radius 1 is 1.03 bits per heavy atom. The molecule has 0 unspecified atom stereocenters. The minimum absolute atomic E-state index is 0.140. The molecule has 0 aliphatic heterocycles. The first-order chi connectivity index (χ1) is 16.1. The molecule has 8 heteroatoms. The van der Waals surface area contributed by atoms with Gasteiger partial charge in [-0.3, -0.25) is 4.79 Å². The molecule has 4 aromatic rings. The number of hydrogen-bond acceptors (Lipinski definition) is 6. The van der Waals surface area contributed by atoms with Crippen LogP contribution >= 0.6 is 0 Å². The number of benzene rings is 2. The van der Waals surface area contributed by atoms with Crippen molar-refractivity contribution in [3.8, 4) is 17.1 Å². The molecule has 0 fully saturated rings. The smallest absolute Gasteiger partial charge is 0.227 e. The van der Waals surface area contributed by atoms with E-state index in [9.17, 15) is 4.79 Å². The van der Waals surface area contributed by atoms with E-state index in [2.05, 4.69) is 51.7 Å². The van der Waals surface area contributed by atoms with Gasteiger partial charge >= 0.3 is 0 Å². The fourth-order valence-corrected chi connectivity index (χ4v) is 3.38. The van der Waals surface area contributed by atoms with E-state index in [0.29, 0.717) is 37.1 Å². The predicted molar refractivity (Wildman–Crippen MR) is 125 cm³/mol. The lowest BCUT2D eigenvalue weighted by Gasteiger charge is -2.09. The fourth-order valence-electron chi connectivity index (χ4n) is 3.38. The minimum atomic E-state index is -0.140. The van der Waals surface area contributed by atoms with Crippen LogP contribution in [0.2, 0.25) is 0 Å². The Balaban J connectivity index is 1.31. The molecule has 0 saturated heterocycles. The fraction of sp³-hybridized carbons (Fsp3) is 0.280. The lowest BCUT2D eigenvalue weighted by atomic mass is 10.1. The Kier molecular flexibility index (Phi) is 7.14. The Bertz CT molecular complexity index is 1180. The second-order valence-corrected chi connectivity index (χ2v) is 7.56. The first-order valence-electron chi connectivity index (χ1n) is 11.1. The molecular formula is C25H27N5O3. The molecule has 2 aromatic carbocycles. The Labute approximate surface area is 192 Å². The second-order valence-electron chi connectivity index (χ2n) is 7.56. The summed E-state index contributed by atoms with van der Waals surface area (Å²) < 4.78 is 12.5. The molecule has 0 spiro atoms. The topological polar surface area (TPSA) is 95.1 Å². The number of ether oxygens (including phenoxy) is 1. The third kappa shape index (κ3) is 5.85. The van der Waals surface area contributed by atoms with Crippen molar-refractivity contribution in [2.24, 2.45) is 0 Å². The second kappa shape index (κ2) is 10.6. The van der Waals surface area contributed by atoms with Crippen LogP contribution in [0.5, 0.6) is 5.75 Å². The first-order valence-corrected chi connectivity index (χ1v) is 11.1. The van der Waals surface area contributed by atoms with Crippen molar-refractivity contribution < 1.29 is 14.1 Å². The molecular weight excluding hydrogens is 418 g/mol. The molecule has 1 N–H and O–H groups in total. The number of aromatic nitrogens is 4. The largest absolute Gasteiger partial charge is 0.494 e. The van der Waals surface area contributed by atoms with Crippen LogP contribution in [0.25, 0.3) is 11.4 Å². The summed E-state index contributed by atoms with van der Waals surface area (Å²) in [7, 11) is 0. The van der Waals surface area contributed by atoms with Crippen molar-refractivity contribution in [1.82, 2.24) is 19.9 Å². The summed E-state index contributed by atoms with van der Waals surface area (Å²) in [6.45, 7) is 5.27. The number of rotatable bonds is 10. The van der Waals surface area contributed by atoms with Gasteiger partial charge in [-0.2, -0.15) is 10.1 Å². The quantitative estimate of drug-likeness (QED) is 0.386. The zero-order valence-corrected chi connectivity index (χ0v) is 18.8. The van der Waals surface area contributed by atoms with Gasteiger partial charge in [-0.05, 0) is 48.7 Å². The van der Waals surface area contributed by atoms with Crippen LogP contribution in [0.1, 0.15) is 37.3 Å². The van der Waals surface area contributed by atoms with E-state index < -0.39 is 0 Å². The van der Waals surface area contributed by atoms with Gasteiger partial charge in [0.05, 0.1) is 19.3 Å². The summed E-state index contributed by atoms with van der Waals surface area (Å²) in [5.74, 6) is 2.21. The van der Waals surface area contributed by atoms with E-state index in [1.807, 2.05) is 31.2 Å². The molecule has 170 valence electrons. The van der Waals surface area contributed by atoms with Gasteiger partial charge in [0.2, 0.25) is 17.6 Å². The summed E-state index contributed by atoms with van der Waals surface area (Å²) in [5, 5.41) is 11.3. The lowest BCUT2D eigenvalue weighted by molar-refractivity contribution is -0.116. The van der Waals surface area contributed by atoms with Crippen molar-refractivity contribution in [2.75, 3.05) is 11.9 Å². The highest BCUT2D eigenvalue weighted by molar-refractivity contribution is 5.89. The summed E-state index contributed by atoms with van der Waals surface area (Å²) in [5.41, 5.74) is 3.24. The summed E-state index contributed by atoms with van der Waals surface area (Å²) in [4.78, 5) is 16.9. The Hall–Kier alpha value is -3.94. The van der Waals surface area contributed by atoms with Gasteiger partial charge in [0.25, 0.3) is 0 Å². The van der Waals surface area contributed by atoms with Gasteiger partial charge in [-0.25, -0.2) is 4.68 Å². The lowest BCUT2D eigenvalue weighted by Crippen LogP contribution is -2.16. The highest BCUT2D eigenvalue weighted by Crippen LogP contribution is 2.20. The van der Waals surface area contributed by atoms with Crippen molar-refractivity contribution in [3.05, 3.63) is 77.8 Å². The minimum Gasteiger partial charge on any atom is -0.494 e. The van der Waals surface area contributed by atoms with Gasteiger partial charge in [0.1, 0.15) is 11.6 Å². The van der Waals surface area contributed by atoms with E-state index in [4.69, 9.17) is 9.26 Å². The molecule has 0 aliphatic carbocycles.